The van der Waals surface area contributed by atoms with Gasteiger partial charge < -0.3 is 5.32 Å². The molecule has 1 heterocycles. The van der Waals surface area contributed by atoms with Gasteiger partial charge in [0.2, 0.25) is 0 Å². The van der Waals surface area contributed by atoms with E-state index in [1.807, 2.05) is 18.7 Å². The lowest BCUT2D eigenvalue weighted by Gasteiger charge is -2.13. The minimum Gasteiger partial charge on any atom is -0.311 e. The Kier molecular flexibility index (Phi) is 5.49. The second-order valence-electron chi connectivity index (χ2n) is 4.28. The molecule has 0 spiro atoms. The van der Waals surface area contributed by atoms with E-state index in [0.29, 0.717) is 0 Å². The monoisotopic (exact) mass is 287 g/mol. The predicted octanol–water partition coefficient (Wildman–Crippen LogP) is 3.02. The quantitative estimate of drug-likeness (QED) is 0.872. The van der Waals surface area contributed by atoms with Crippen LogP contribution in [0.25, 0.3) is 0 Å². The molecule has 0 amide bonds. The van der Waals surface area contributed by atoms with Gasteiger partial charge in [0.1, 0.15) is 0 Å². The molecule has 1 aromatic heterocycles. The van der Waals surface area contributed by atoms with Gasteiger partial charge >= 0.3 is 0 Å². The van der Waals surface area contributed by atoms with Crippen molar-refractivity contribution in [2.45, 2.75) is 40.2 Å². The lowest BCUT2D eigenvalue weighted by molar-refractivity contribution is 0.444. The molecule has 1 N–H and O–H groups in total. The van der Waals surface area contributed by atoms with Crippen molar-refractivity contribution >= 4 is 15.9 Å². The average molecular weight is 288 g/mol. The number of hydrogen-bond donors (Lipinski definition) is 1. The molecule has 0 aromatic carbocycles. The highest BCUT2D eigenvalue weighted by Crippen LogP contribution is 2.19. The fourth-order valence-electron chi connectivity index (χ4n) is 1.84. The largest absolute Gasteiger partial charge is 0.311 e. The highest BCUT2D eigenvalue weighted by molar-refractivity contribution is 9.10. The van der Waals surface area contributed by atoms with E-state index < -0.39 is 0 Å². The highest BCUT2D eigenvalue weighted by atomic mass is 79.9. The van der Waals surface area contributed by atoms with Gasteiger partial charge in [-0.3, -0.25) is 4.68 Å². The van der Waals surface area contributed by atoms with Crippen LogP contribution in [0.5, 0.6) is 0 Å². The maximum Gasteiger partial charge on any atom is 0.0739 e. The summed E-state index contributed by atoms with van der Waals surface area (Å²) >= 11 is 3.58. The van der Waals surface area contributed by atoms with Crippen LogP contribution >= 0.6 is 15.9 Å². The Morgan fingerprint density at radius 3 is 2.44 bits per heavy atom. The first-order chi connectivity index (χ1) is 7.60. The van der Waals surface area contributed by atoms with Crippen LogP contribution in [-0.2, 0) is 13.6 Å². The summed E-state index contributed by atoms with van der Waals surface area (Å²) in [5, 5.41) is 7.89. The van der Waals surface area contributed by atoms with Crippen LogP contribution in [0.2, 0.25) is 0 Å². The number of nitrogens with one attached hydrogen (secondary N) is 1. The van der Waals surface area contributed by atoms with Crippen LogP contribution in [0.1, 0.15) is 38.1 Å². The summed E-state index contributed by atoms with van der Waals surface area (Å²) < 4.78 is 3.08. The lowest BCUT2D eigenvalue weighted by Crippen LogP contribution is -2.23. The second kappa shape index (κ2) is 6.40. The van der Waals surface area contributed by atoms with E-state index in [9.17, 15) is 0 Å². The standard InChI is InChI=1S/C12H22BrN3/c1-5-10(6-2)7-14-8-11-12(13)9(3)15-16(11)4/h10,14H,5-8H2,1-4H3. The number of hydrogen-bond acceptors (Lipinski definition) is 2. The smallest absolute Gasteiger partial charge is 0.0739 e. The van der Waals surface area contributed by atoms with Gasteiger partial charge in [-0.05, 0) is 35.3 Å². The molecule has 0 aliphatic heterocycles. The third-order valence-electron chi connectivity index (χ3n) is 3.14. The van der Waals surface area contributed by atoms with Crippen molar-refractivity contribution in [1.29, 1.82) is 0 Å². The maximum atomic E-state index is 4.38. The fourth-order valence-corrected chi connectivity index (χ4v) is 2.32. The summed E-state index contributed by atoms with van der Waals surface area (Å²) in [5.74, 6) is 0.785. The molecule has 16 heavy (non-hydrogen) atoms. The molecule has 92 valence electrons. The Hall–Kier alpha value is -0.350. The van der Waals surface area contributed by atoms with E-state index in [1.54, 1.807) is 0 Å². The Morgan fingerprint density at radius 1 is 1.38 bits per heavy atom. The first-order valence-corrected chi connectivity index (χ1v) is 6.78. The molecule has 0 aliphatic carbocycles. The van der Waals surface area contributed by atoms with Crippen LogP contribution in [0.3, 0.4) is 0 Å². The fraction of sp³-hybridized carbons (Fsp3) is 0.750. The molecule has 0 fully saturated rings. The molecule has 1 rings (SSSR count). The van der Waals surface area contributed by atoms with Crippen molar-refractivity contribution in [3.05, 3.63) is 15.9 Å². The van der Waals surface area contributed by atoms with Gasteiger partial charge in [0.15, 0.2) is 0 Å². The SMILES string of the molecule is CCC(CC)CNCc1c(Br)c(C)nn1C. The van der Waals surface area contributed by atoms with Crippen LogP contribution in [0, 0.1) is 12.8 Å². The summed E-state index contributed by atoms with van der Waals surface area (Å²) in [4.78, 5) is 0. The molecule has 0 saturated carbocycles. The topological polar surface area (TPSA) is 29.9 Å². The average Bonchev–Trinajstić information content (AvgIpc) is 2.50. The first-order valence-electron chi connectivity index (χ1n) is 5.98. The van der Waals surface area contributed by atoms with Crippen LogP contribution < -0.4 is 5.32 Å². The number of nitrogens with zero attached hydrogens (tertiary/aromatic N) is 2. The normalized spacial score (nSPS) is 11.4. The zero-order valence-electron chi connectivity index (χ0n) is 10.7. The highest BCUT2D eigenvalue weighted by Gasteiger charge is 2.10. The Bertz CT molecular complexity index is 329. The molecule has 4 heteroatoms. The van der Waals surface area contributed by atoms with Crippen LogP contribution in [-0.4, -0.2) is 16.3 Å². The maximum absolute atomic E-state index is 4.38. The van der Waals surface area contributed by atoms with Crippen LogP contribution in [0.4, 0.5) is 0 Å². The van der Waals surface area contributed by atoms with Crippen LogP contribution in [0.15, 0.2) is 4.47 Å². The van der Waals surface area contributed by atoms with Gasteiger partial charge in [-0.15, -0.1) is 0 Å². The minimum atomic E-state index is 0.785. The third-order valence-corrected chi connectivity index (χ3v) is 4.17. The van der Waals surface area contributed by atoms with E-state index >= 15 is 0 Å². The molecule has 1 aromatic rings. The number of aryl methyl sites for hydroxylation is 2. The Morgan fingerprint density at radius 2 is 2.00 bits per heavy atom. The van der Waals surface area contributed by atoms with Gasteiger partial charge in [0.25, 0.3) is 0 Å². The van der Waals surface area contributed by atoms with Gasteiger partial charge in [0, 0.05) is 13.6 Å². The second-order valence-corrected chi connectivity index (χ2v) is 5.08. The van der Waals surface area contributed by atoms with Gasteiger partial charge in [0.05, 0.1) is 15.9 Å². The van der Waals surface area contributed by atoms with Crippen molar-refractivity contribution in [2.75, 3.05) is 6.54 Å². The van der Waals surface area contributed by atoms with E-state index in [4.69, 9.17) is 0 Å². The Labute approximate surface area is 107 Å². The van der Waals surface area contributed by atoms with Gasteiger partial charge in [-0.25, -0.2) is 0 Å². The molecule has 3 nitrogen and oxygen atoms in total. The summed E-state index contributed by atoms with van der Waals surface area (Å²) in [6.07, 6.45) is 2.49. The summed E-state index contributed by atoms with van der Waals surface area (Å²) in [6.45, 7) is 8.49. The van der Waals surface area contributed by atoms with Crippen molar-refractivity contribution in [3.8, 4) is 0 Å². The summed E-state index contributed by atoms with van der Waals surface area (Å²) in [5.41, 5.74) is 2.28. The molecule has 0 aliphatic rings. The Balaban J connectivity index is 2.48. The lowest BCUT2D eigenvalue weighted by atomic mass is 10.0. The molecule has 0 radical (unpaired) electrons. The first kappa shape index (κ1) is 13.7. The third kappa shape index (κ3) is 3.32. The van der Waals surface area contributed by atoms with Gasteiger partial charge in [-0.2, -0.15) is 5.10 Å². The van der Waals surface area contributed by atoms with Gasteiger partial charge in [-0.1, -0.05) is 26.7 Å². The number of aromatic nitrogens is 2. The number of halogens is 1. The molecule has 0 bridgehead atoms. The van der Waals surface area contributed by atoms with Crippen molar-refractivity contribution in [3.63, 3.8) is 0 Å². The summed E-state index contributed by atoms with van der Waals surface area (Å²) in [7, 11) is 1.99. The minimum absolute atomic E-state index is 0.785. The number of rotatable bonds is 6. The molecule has 0 saturated heterocycles. The van der Waals surface area contributed by atoms with E-state index in [2.05, 4.69) is 40.2 Å². The van der Waals surface area contributed by atoms with Crippen molar-refractivity contribution in [2.24, 2.45) is 13.0 Å². The van der Waals surface area contributed by atoms with Crippen molar-refractivity contribution < 1.29 is 0 Å². The predicted molar refractivity (Wildman–Crippen MR) is 71.4 cm³/mol. The molecule has 0 atom stereocenters. The molecular weight excluding hydrogens is 266 g/mol. The zero-order valence-corrected chi connectivity index (χ0v) is 12.3. The molecule has 0 unspecified atom stereocenters. The van der Waals surface area contributed by atoms with E-state index in [-0.39, 0.29) is 0 Å². The zero-order chi connectivity index (χ0) is 12.1. The van der Waals surface area contributed by atoms with E-state index in [1.165, 1.54) is 18.5 Å². The van der Waals surface area contributed by atoms with Crippen molar-refractivity contribution in [1.82, 2.24) is 15.1 Å². The summed E-state index contributed by atoms with van der Waals surface area (Å²) in [6, 6.07) is 0. The van der Waals surface area contributed by atoms with E-state index in [0.717, 1.165) is 29.2 Å². The molecular formula is C12H22BrN3.